The van der Waals surface area contributed by atoms with Gasteiger partial charge in [-0.2, -0.15) is 0 Å². The molecule has 0 radical (unpaired) electrons. The summed E-state index contributed by atoms with van der Waals surface area (Å²) in [6, 6.07) is 1.61. The smallest absolute Gasteiger partial charge is 0.254 e. The van der Waals surface area contributed by atoms with Crippen molar-refractivity contribution < 1.29 is 9.53 Å². The molecule has 1 aromatic rings. The molecule has 92 valence electrons. The topological polar surface area (TPSA) is 51.2 Å². The van der Waals surface area contributed by atoms with Gasteiger partial charge < -0.3 is 10.1 Å². The molecule has 1 aromatic heterocycles. The Balaban J connectivity index is 2.09. The summed E-state index contributed by atoms with van der Waals surface area (Å²) >= 11 is 5.96. The van der Waals surface area contributed by atoms with Gasteiger partial charge in [0.2, 0.25) is 0 Å². The van der Waals surface area contributed by atoms with E-state index < -0.39 is 0 Å². The molecule has 0 unspecified atom stereocenters. The molecule has 0 saturated carbocycles. The fourth-order valence-electron chi connectivity index (χ4n) is 1.83. The summed E-state index contributed by atoms with van der Waals surface area (Å²) in [4.78, 5) is 16.0. The summed E-state index contributed by atoms with van der Waals surface area (Å²) in [6.45, 7) is 3.38. The van der Waals surface area contributed by atoms with Crippen LogP contribution < -0.4 is 5.32 Å². The van der Waals surface area contributed by atoms with Crippen molar-refractivity contribution in [3.05, 3.63) is 29.0 Å². The molecule has 0 spiro atoms. The van der Waals surface area contributed by atoms with Crippen LogP contribution in [0.5, 0.6) is 0 Å². The maximum absolute atomic E-state index is 12.1. The maximum Gasteiger partial charge on any atom is 0.254 e. The molecule has 0 aliphatic carbocycles. The Kier molecular flexibility index (Phi) is 3.64. The molecule has 0 atom stereocenters. The molecule has 1 amide bonds. The molecule has 1 N–H and O–H groups in total. The second-order valence-corrected chi connectivity index (χ2v) is 4.89. The number of aromatic nitrogens is 1. The van der Waals surface area contributed by atoms with Gasteiger partial charge in [0.05, 0.1) is 10.6 Å². The molecule has 5 heteroatoms. The van der Waals surface area contributed by atoms with Crippen LogP contribution in [-0.2, 0) is 4.74 Å². The minimum absolute atomic E-state index is 0.174. The van der Waals surface area contributed by atoms with Crippen LogP contribution in [0.2, 0.25) is 5.02 Å². The van der Waals surface area contributed by atoms with Crippen molar-refractivity contribution in [2.45, 2.75) is 25.3 Å². The molecule has 1 aliphatic rings. The Morgan fingerprint density at radius 2 is 2.24 bits per heavy atom. The number of carbonyl (C=O) groups excluding carboxylic acids is 1. The highest BCUT2D eigenvalue weighted by atomic mass is 35.5. The maximum atomic E-state index is 12.1. The van der Waals surface area contributed by atoms with Crippen LogP contribution >= 0.6 is 11.6 Å². The summed E-state index contributed by atoms with van der Waals surface area (Å²) in [5.74, 6) is -0.174. The van der Waals surface area contributed by atoms with Crippen LogP contribution in [0.25, 0.3) is 0 Å². The normalized spacial score (nSPS) is 18.7. The van der Waals surface area contributed by atoms with E-state index in [0.29, 0.717) is 23.8 Å². The number of nitrogens with one attached hydrogen (secondary N) is 1. The zero-order chi connectivity index (χ0) is 12.3. The minimum atomic E-state index is -0.214. The molecule has 4 nitrogen and oxygen atoms in total. The van der Waals surface area contributed by atoms with Crippen molar-refractivity contribution in [2.75, 3.05) is 13.2 Å². The Morgan fingerprint density at radius 3 is 2.88 bits per heavy atom. The predicted molar refractivity (Wildman–Crippen MR) is 65.2 cm³/mol. The quantitative estimate of drug-likeness (QED) is 0.879. The lowest BCUT2D eigenvalue weighted by Gasteiger charge is -2.34. The third-order valence-electron chi connectivity index (χ3n) is 3.02. The first kappa shape index (κ1) is 12.3. The lowest BCUT2D eigenvalue weighted by atomic mass is 9.92. The first-order valence-corrected chi connectivity index (χ1v) is 5.98. The molecule has 1 aliphatic heterocycles. The number of hydrogen-bond acceptors (Lipinski definition) is 3. The highest BCUT2D eigenvalue weighted by Crippen LogP contribution is 2.21. The lowest BCUT2D eigenvalue weighted by Crippen LogP contribution is -2.49. The summed E-state index contributed by atoms with van der Waals surface area (Å²) in [6.07, 6.45) is 4.68. The van der Waals surface area contributed by atoms with Crippen LogP contribution in [0.3, 0.4) is 0 Å². The van der Waals surface area contributed by atoms with E-state index in [1.807, 2.05) is 6.92 Å². The van der Waals surface area contributed by atoms with Crippen molar-refractivity contribution in [3.8, 4) is 0 Å². The summed E-state index contributed by atoms with van der Waals surface area (Å²) in [7, 11) is 0. The first-order valence-electron chi connectivity index (χ1n) is 5.60. The average Bonchev–Trinajstić information content (AvgIpc) is 2.29. The van der Waals surface area contributed by atoms with Crippen LogP contribution in [0.4, 0.5) is 0 Å². The van der Waals surface area contributed by atoms with Gasteiger partial charge in [0.25, 0.3) is 5.91 Å². The second-order valence-electron chi connectivity index (χ2n) is 4.48. The number of ether oxygens (including phenoxy) is 1. The fraction of sp³-hybridized carbons (Fsp3) is 0.500. The Bertz CT molecular complexity index is 417. The van der Waals surface area contributed by atoms with Gasteiger partial charge in [0.15, 0.2) is 0 Å². The lowest BCUT2D eigenvalue weighted by molar-refractivity contribution is 0.0423. The van der Waals surface area contributed by atoms with Crippen molar-refractivity contribution in [1.82, 2.24) is 10.3 Å². The largest absolute Gasteiger partial charge is 0.381 e. The Labute approximate surface area is 105 Å². The molecule has 0 bridgehead atoms. The van der Waals surface area contributed by atoms with E-state index in [4.69, 9.17) is 16.3 Å². The molecule has 2 rings (SSSR count). The first-order chi connectivity index (χ1) is 8.11. The minimum Gasteiger partial charge on any atom is -0.381 e. The van der Waals surface area contributed by atoms with Crippen molar-refractivity contribution >= 4 is 17.5 Å². The zero-order valence-corrected chi connectivity index (χ0v) is 10.5. The summed E-state index contributed by atoms with van der Waals surface area (Å²) in [5.41, 5.74) is 0.205. The van der Waals surface area contributed by atoms with Gasteiger partial charge in [0.1, 0.15) is 0 Å². The van der Waals surface area contributed by atoms with Gasteiger partial charge in [-0.25, -0.2) is 0 Å². The molecular weight excluding hydrogens is 240 g/mol. The van der Waals surface area contributed by atoms with Crippen LogP contribution in [0, 0.1) is 0 Å². The van der Waals surface area contributed by atoms with Crippen LogP contribution in [0.1, 0.15) is 30.1 Å². The third kappa shape index (κ3) is 2.96. The number of hydrogen-bond donors (Lipinski definition) is 1. The highest BCUT2D eigenvalue weighted by Gasteiger charge is 2.29. The number of pyridine rings is 1. The molecule has 17 heavy (non-hydrogen) atoms. The SMILES string of the molecule is CC1(NC(=O)c2cnccc2Cl)CCOCC1. The van der Waals surface area contributed by atoms with Gasteiger partial charge in [0, 0.05) is 31.1 Å². The standard InChI is InChI=1S/C12H15ClN2O2/c1-12(3-6-17-7-4-12)15-11(16)9-8-14-5-2-10(9)13/h2,5,8H,3-4,6-7H2,1H3,(H,15,16). The number of carbonyl (C=O) groups is 1. The monoisotopic (exact) mass is 254 g/mol. The van der Waals surface area contributed by atoms with E-state index >= 15 is 0 Å². The average molecular weight is 255 g/mol. The molecule has 1 fully saturated rings. The molecule has 1 saturated heterocycles. The molecule has 2 heterocycles. The Morgan fingerprint density at radius 1 is 1.53 bits per heavy atom. The van der Waals surface area contributed by atoms with E-state index in [9.17, 15) is 4.79 Å². The fourth-order valence-corrected chi connectivity index (χ4v) is 2.02. The van der Waals surface area contributed by atoms with E-state index in [1.165, 1.54) is 6.20 Å². The summed E-state index contributed by atoms with van der Waals surface area (Å²) in [5, 5.41) is 3.43. The van der Waals surface area contributed by atoms with Gasteiger partial charge >= 0.3 is 0 Å². The van der Waals surface area contributed by atoms with Crippen molar-refractivity contribution in [3.63, 3.8) is 0 Å². The zero-order valence-electron chi connectivity index (χ0n) is 9.70. The molecule has 0 aromatic carbocycles. The van der Waals surface area contributed by atoms with Gasteiger partial charge in [-0.1, -0.05) is 11.6 Å². The van der Waals surface area contributed by atoms with Crippen molar-refractivity contribution in [2.24, 2.45) is 0 Å². The van der Waals surface area contributed by atoms with Gasteiger partial charge in [-0.05, 0) is 25.8 Å². The summed E-state index contributed by atoms with van der Waals surface area (Å²) < 4.78 is 5.29. The number of nitrogens with zero attached hydrogens (tertiary/aromatic N) is 1. The van der Waals surface area contributed by atoms with Gasteiger partial charge in [-0.15, -0.1) is 0 Å². The Hall–Kier alpha value is -1.13. The van der Waals surface area contributed by atoms with Crippen molar-refractivity contribution in [1.29, 1.82) is 0 Å². The van der Waals surface area contributed by atoms with Gasteiger partial charge in [-0.3, -0.25) is 9.78 Å². The number of halogens is 1. The van der Waals surface area contributed by atoms with E-state index in [2.05, 4.69) is 10.3 Å². The van der Waals surface area contributed by atoms with Crippen LogP contribution in [-0.4, -0.2) is 29.6 Å². The van der Waals surface area contributed by atoms with E-state index in [1.54, 1.807) is 12.3 Å². The second kappa shape index (κ2) is 5.02. The predicted octanol–water partition coefficient (Wildman–Crippen LogP) is 2.03. The number of rotatable bonds is 2. The highest BCUT2D eigenvalue weighted by molar-refractivity contribution is 6.33. The number of amides is 1. The molecular formula is C12H15ClN2O2. The van der Waals surface area contributed by atoms with Crippen LogP contribution in [0.15, 0.2) is 18.5 Å². The van der Waals surface area contributed by atoms with E-state index in [0.717, 1.165) is 12.8 Å². The third-order valence-corrected chi connectivity index (χ3v) is 3.35. The van der Waals surface area contributed by atoms with E-state index in [-0.39, 0.29) is 11.4 Å².